The Bertz CT molecular complexity index is 583. The average Bonchev–Trinajstić information content (AvgIpc) is 3.03. The van der Waals surface area contributed by atoms with Crippen LogP contribution in [-0.4, -0.2) is 10.7 Å². The molecule has 29 heavy (non-hydrogen) atoms. The highest BCUT2D eigenvalue weighted by Gasteiger charge is 2.66. The molecule has 0 amide bonds. The number of hydrogen-bond acceptors (Lipinski definition) is 1. The van der Waals surface area contributed by atoms with E-state index in [0.29, 0.717) is 11.3 Å². The van der Waals surface area contributed by atoms with E-state index in [-0.39, 0.29) is 11.0 Å². The van der Waals surface area contributed by atoms with Gasteiger partial charge in [0.2, 0.25) is 0 Å². The first-order valence-electron chi connectivity index (χ1n) is 13.4. The van der Waals surface area contributed by atoms with Gasteiger partial charge in [-0.2, -0.15) is 0 Å². The summed E-state index contributed by atoms with van der Waals surface area (Å²) in [6.45, 7) is 14.9. The second-order valence-electron chi connectivity index (χ2n) is 13.0. The zero-order chi connectivity index (χ0) is 21.0. The van der Waals surface area contributed by atoms with Crippen LogP contribution >= 0.6 is 0 Å². The number of hydrogen-bond donors (Lipinski definition) is 1. The molecule has 4 fully saturated rings. The summed E-state index contributed by atoms with van der Waals surface area (Å²) in [4.78, 5) is 0. The summed E-state index contributed by atoms with van der Waals surface area (Å²) in [6.07, 6.45) is 16.1. The number of rotatable bonds is 5. The van der Waals surface area contributed by atoms with Crippen molar-refractivity contribution in [2.24, 2.45) is 52.3 Å². The molecular weight excluding hydrogens is 352 g/mol. The molecule has 0 heterocycles. The van der Waals surface area contributed by atoms with E-state index >= 15 is 0 Å². The van der Waals surface area contributed by atoms with Gasteiger partial charge >= 0.3 is 0 Å². The van der Waals surface area contributed by atoms with Gasteiger partial charge in [-0.15, -0.1) is 0 Å². The summed E-state index contributed by atoms with van der Waals surface area (Å²) in [6, 6.07) is 0. The third kappa shape index (κ3) is 3.35. The van der Waals surface area contributed by atoms with Gasteiger partial charge in [-0.25, -0.2) is 0 Å². The van der Waals surface area contributed by atoms with Gasteiger partial charge in [-0.1, -0.05) is 67.2 Å². The molecule has 0 saturated heterocycles. The summed E-state index contributed by atoms with van der Waals surface area (Å²) in [5.41, 5.74) is 0.311. The Hall–Kier alpha value is -0.0400. The Morgan fingerprint density at radius 3 is 2.24 bits per heavy atom. The summed E-state index contributed by atoms with van der Waals surface area (Å²) in [7, 11) is 0. The smallest absolute Gasteiger partial charge is 0.0734 e. The van der Waals surface area contributed by atoms with Crippen molar-refractivity contribution < 1.29 is 5.11 Å². The minimum atomic E-state index is -0.370. The van der Waals surface area contributed by atoms with E-state index in [2.05, 4.69) is 41.5 Å². The second-order valence-corrected chi connectivity index (χ2v) is 13.0. The fourth-order valence-electron chi connectivity index (χ4n) is 9.27. The van der Waals surface area contributed by atoms with Crippen LogP contribution in [0.2, 0.25) is 0 Å². The van der Waals surface area contributed by atoms with E-state index in [9.17, 15) is 5.11 Å². The Morgan fingerprint density at radius 2 is 1.52 bits per heavy atom. The van der Waals surface area contributed by atoms with Gasteiger partial charge in [0, 0.05) is 0 Å². The molecule has 9 atom stereocenters. The molecular formula is C28H50O. The van der Waals surface area contributed by atoms with Crippen LogP contribution in [0.4, 0.5) is 0 Å². The van der Waals surface area contributed by atoms with Gasteiger partial charge in [0.1, 0.15) is 0 Å². The lowest BCUT2D eigenvalue weighted by atomic mass is 9.42. The van der Waals surface area contributed by atoms with E-state index in [0.717, 1.165) is 41.9 Å². The maximum atomic E-state index is 12.3. The highest BCUT2D eigenvalue weighted by Crippen LogP contribution is 2.69. The Labute approximate surface area is 181 Å². The Kier molecular flexibility index (Phi) is 5.98. The highest BCUT2D eigenvalue weighted by atomic mass is 16.3. The van der Waals surface area contributed by atoms with Crippen molar-refractivity contribution in [1.82, 2.24) is 0 Å². The minimum absolute atomic E-state index is 0.200. The van der Waals surface area contributed by atoms with Crippen LogP contribution in [-0.2, 0) is 0 Å². The third-order valence-electron chi connectivity index (χ3n) is 11.7. The van der Waals surface area contributed by atoms with Crippen molar-refractivity contribution in [3.63, 3.8) is 0 Å². The molecule has 168 valence electrons. The zero-order valence-corrected chi connectivity index (χ0v) is 20.5. The topological polar surface area (TPSA) is 20.2 Å². The molecule has 0 aromatic carbocycles. The molecule has 0 radical (unpaired) electrons. The summed E-state index contributed by atoms with van der Waals surface area (Å²) >= 11 is 0. The van der Waals surface area contributed by atoms with Crippen LogP contribution in [0.3, 0.4) is 0 Å². The lowest BCUT2D eigenvalue weighted by Crippen LogP contribution is -2.65. The summed E-state index contributed by atoms with van der Waals surface area (Å²) < 4.78 is 0. The molecule has 4 rings (SSSR count). The Balaban J connectivity index is 1.51. The quantitative estimate of drug-likeness (QED) is 0.496. The first-order chi connectivity index (χ1) is 13.6. The van der Waals surface area contributed by atoms with Gasteiger partial charge in [0.25, 0.3) is 0 Å². The van der Waals surface area contributed by atoms with E-state index in [1.165, 1.54) is 70.6 Å². The zero-order valence-electron chi connectivity index (χ0n) is 20.5. The van der Waals surface area contributed by atoms with Crippen molar-refractivity contribution in [2.45, 2.75) is 124 Å². The van der Waals surface area contributed by atoms with Crippen LogP contribution < -0.4 is 0 Å². The molecule has 0 aliphatic heterocycles. The monoisotopic (exact) mass is 402 g/mol. The molecule has 1 nitrogen and oxygen atoms in total. The fourth-order valence-corrected chi connectivity index (χ4v) is 9.27. The SMILES string of the molecule is CC(C)[C@@H](C)CC[C@@H](C)[C@H]1CC[C@H]2[C@@H]3CCC4CCCC[C@]4(C)[C@@]3(O)CC[C@]12C. The molecule has 4 aliphatic rings. The first kappa shape index (κ1) is 22.2. The molecule has 0 bridgehead atoms. The van der Waals surface area contributed by atoms with Gasteiger partial charge in [0.05, 0.1) is 5.60 Å². The predicted octanol–water partition coefficient (Wildman–Crippen LogP) is 7.86. The summed E-state index contributed by atoms with van der Waals surface area (Å²) in [5, 5.41) is 12.3. The highest BCUT2D eigenvalue weighted by molar-refractivity contribution is 5.16. The minimum Gasteiger partial charge on any atom is -0.389 e. The van der Waals surface area contributed by atoms with Crippen LogP contribution in [0, 0.1) is 52.3 Å². The summed E-state index contributed by atoms with van der Waals surface area (Å²) in [5.74, 6) is 5.52. The largest absolute Gasteiger partial charge is 0.389 e. The fraction of sp³-hybridized carbons (Fsp3) is 1.00. The molecule has 0 spiro atoms. The normalized spacial score (nSPS) is 49.2. The molecule has 0 aromatic heterocycles. The molecule has 4 aliphatic carbocycles. The second kappa shape index (κ2) is 7.83. The molecule has 4 saturated carbocycles. The molecule has 1 N–H and O–H groups in total. The van der Waals surface area contributed by atoms with Gasteiger partial charge in [-0.05, 0) is 104 Å². The van der Waals surface area contributed by atoms with Gasteiger partial charge < -0.3 is 5.11 Å². The van der Waals surface area contributed by atoms with Crippen LogP contribution in [0.1, 0.15) is 119 Å². The maximum absolute atomic E-state index is 12.3. The van der Waals surface area contributed by atoms with E-state index in [4.69, 9.17) is 0 Å². The van der Waals surface area contributed by atoms with Crippen molar-refractivity contribution >= 4 is 0 Å². The van der Waals surface area contributed by atoms with Crippen LogP contribution in [0.5, 0.6) is 0 Å². The van der Waals surface area contributed by atoms with E-state index in [1.807, 2.05) is 0 Å². The van der Waals surface area contributed by atoms with Crippen molar-refractivity contribution in [2.75, 3.05) is 0 Å². The Morgan fingerprint density at radius 1 is 0.793 bits per heavy atom. The maximum Gasteiger partial charge on any atom is 0.0734 e. The van der Waals surface area contributed by atoms with Gasteiger partial charge in [0.15, 0.2) is 0 Å². The number of fused-ring (bicyclic) bond motifs is 5. The standard InChI is InChI=1S/C28H50O/c1-19(2)20(3)10-11-21(4)23-14-15-24-25-13-12-22-9-7-8-16-27(22,6)28(25,29)18-17-26(23,24)5/h19-25,29H,7-18H2,1-6H3/t20-,21+,22?,23+,24-,25-,26+,27-,28+/m0/s1. The van der Waals surface area contributed by atoms with E-state index < -0.39 is 0 Å². The van der Waals surface area contributed by atoms with Crippen LogP contribution in [0.15, 0.2) is 0 Å². The van der Waals surface area contributed by atoms with Crippen molar-refractivity contribution in [1.29, 1.82) is 0 Å². The predicted molar refractivity (Wildman–Crippen MR) is 124 cm³/mol. The number of aliphatic hydroxyl groups is 1. The molecule has 1 unspecified atom stereocenters. The first-order valence-corrected chi connectivity index (χ1v) is 13.4. The average molecular weight is 403 g/mol. The van der Waals surface area contributed by atoms with Crippen LogP contribution in [0.25, 0.3) is 0 Å². The molecule has 1 heteroatoms. The van der Waals surface area contributed by atoms with Crippen molar-refractivity contribution in [3.05, 3.63) is 0 Å². The lowest BCUT2D eigenvalue weighted by molar-refractivity contribution is -0.235. The molecule has 0 aromatic rings. The van der Waals surface area contributed by atoms with E-state index in [1.54, 1.807) is 0 Å². The lowest BCUT2D eigenvalue weighted by Gasteiger charge is -2.65. The third-order valence-corrected chi connectivity index (χ3v) is 11.7. The van der Waals surface area contributed by atoms with Crippen molar-refractivity contribution in [3.8, 4) is 0 Å². The van der Waals surface area contributed by atoms with Gasteiger partial charge in [-0.3, -0.25) is 0 Å².